The van der Waals surface area contributed by atoms with E-state index in [1.54, 1.807) is 18.2 Å². The monoisotopic (exact) mass is 304 g/mol. The van der Waals surface area contributed by atoms with Crippen LogP contribution in [0.4, 0.5) is 18.0 Å². The maximum atomic E-state index is 12.1. The van der Waals surface area contributed by atoms with E-state index in [0.717, 1.165) is 4.90 Å². The Morgan fingerprint density at radius 2 is 1.86 bits per heavy atom. The Labute approximate surface area is 119 Å². The Hall–Kier alpha value is -2.25. The maximum absolute atomic E-state index is 12.1. The second-order valence-electron chi connectivity index (χ2n) is 4.42. The number of carboxylic acid groups (broad SMARTS) is 1. The molecular formula is C13H15F3N2O3. The molecule has 0 aliphatic heterocycles. The van der Waals surface area contributed by atoms with Gasteiger partial charge in [-0.2, -0.15) is 13.2 Å². The van der Waals surface area contributed by atoms with Crippen molar-refractivity contribution in [3.8, 4) is 0 Å². The molecule has 0 spiro atoms. The first-order valence-electron chi connectivity index (χ1n) is 6.07. The number of aliphatic carboxylic acids is 1. The molecule has 0 saturated heterocycles. The molecule has 116 valence electrons. The molecule has 2 N–H and O–H groups in total. The summed E-state index contributed by atoms with van der Waals surface area (Å²) in [5.74, 6) is -1.29. The van der Waals surface area contributed by atoms with Gasteiger partial charge in [-0.1, -0.05) is 30.3 Å². The van der Waals surface area contributed by atoms with Gasteiger partial charge in [-0.3, -0.25) is 0 Å². The Morgan fingerprint density at radius 1 is 1.29 bits per heavy atom. The largest absolute Gasteiger partial charge is 0.479 e. The number of hydrogen-bond donors (Lipinski definition) is 2. The van der Waals surface area contributed by atoms with Crippen LogP contribution in [-0.2, 0) is 4.79 Å². The number of carboxylic acids is 1. The summed E-state index contributed by atoms with van der Waals surface area (Å²) in [5.41, 5.74) is 0.336. The first-order valence-corrected chi connectivity index (χ1v) is 6.07. The van der Waals surface area contributed by atoms with Crippen molar-refractivity contribution in [2.45, 2.75) is 18.6 Å². The average molecular weight is 304 g/mol. The van der Waals surface area contributed by atoms with Crippen LogP contribution in [0, 0.1) is 0 Å². The molecule has 0 unspecified atom stereocenters. The highest BCUT2D eigenvalue weighted by atomic mass is 19.4. The zero-order valence-corrected chi connectivity index (χ0v) is 11.2. The molecule has 0 saturated carbocycles. The smallest absolute Gasteiger partial charge is 0.390 e. The number of rotatable bonds is 5. The summed E-state index contributed by atoms with van der Waals surface area (Å²) < 4.78 is 36.2. The molecule has 1 aromatic carbocycles. The number of hydrogen-bond acceptors (Lipinski definition) is 2. The topological polar surface area (TPSA) is 69.6 Å². The Bertz CT molecular complexity index is 491. The minimum absolute atomic E-state index is 0.336. The molecule has 0 bridgehead atoms. The first-order chi connectivity index (χ1) is 9.70. The Morgan fingerprint density at radius 3 is 2.33 bits per heavy atom. The van der Waals surface area contributed by atoms with Crippen molar-refractivity contribution in [3.63, 3.8) is 0 Å². The van der Waals surface area contributed by atoms with E-state index in [1.165, 1.54) is 19.2 Å². The lowest BCUT2D eigenvalue weighted by molar-refractivity contribution is -0.140. The van der Waals surface area contributed by atoms with Crippen LogP contribution in [-0.4, -0.2) is 41.8 Å². The fourth-order valence-electron chi connectivity index (χ4n) is 1.56. The Balaban J connectivity index is 2.68. The van der Waals surface area contributed by atoms with Gasteiger partial charge >= 0.3 is 18.2 Å². The molecule has 2 amide bonds. The molecule has 5 nitrogen and oxygen atoms in total. The number of alkyl halides is 3. The van der Waals surface area contributed by atoms with Crippen molar-refractivity contribution in [2.24, 2.45) is 0 Å². The lowest BCUT2D eigenvalue weighted by atomic mass is 10.1. The van der Waals surface area contributed by atoms with Gasteiger partial charge in [0.05, 0.1) is 6.42 Å². The molecular weight excluding hydrogens is 289 g/mol. The van der Waals surface area contributed by atoms with E-state index in [2.05, 4.69) is 5.32 Å². The standard InChI is InChI=1S/C13H15F3N2O3/c1-18(8-7-13(14,15)16)12(21)17-10(11(19)20)9-5-3-2-4-6-9/h2-6,10H,7-8H2,1H3,(H,17,21)(H,19,20)/t10-/m1/s1. The number of nitrogens with one attached hydrogen (secondary N) is 1. The normalized spacial score (nSPS) is 12.6. The summed E-state index contributed by atoms with van der Waals surface area (Å²) in [6, 6.07) is 5.71. The van der Waals surface area contributed by atoms with E-state index in [0.29, 0.717) is 5.56 Å². The molecule has 0 aliphatic rings. The van der Waals surface area contributed by atoms with Gasteiger partial charge in [0.2, 0.25) is 0 Å². The van der Waals surface area contributed by atoms with Gasteiger partial charge in [-0.25, -0.2) is 9.59 Å². The molecule has 0 heterocycles. The van der Waals surface area contributed by atoms with E-state index < -0.39 is 37.2 Å². The highest BCUT2D eigenvalue weighted by Crippen LogP contribution is 2.19. The van der Waals surface area contributed by atoms with Gasteiger partial charge in [-0.05, 0) is 5.56 Å². The predicted molar refractivity (Wildman–Crippen MR) is 68.7 cm³/mol. The summed E-state index contributed by atoms with van der Waals surface area (Å²) in [6.07, 6.45) is -5.53. The second kappa shape index (κ2) is 6.96. The summed E-state index contributed by atoms with van der Waals surface area (Å²) in [6.45, 7) is -0.545. The maximum Gasteiger partial charge on any atom is 0.390 e. The molecule has 8 heteroatoms. The third-order valence-electron chi connectivity index (χ3n) is 2.73. The number of carbonyl (C=O) groups is 2. The molecule has 1 rings (SSSR count). The molecule has 21 heavy (non-hydrogen) atoms. The summed E-state index contributed by atoms with van der Waals surface area (Å²) in [7, 11) is 1.17. The van der Waals surface area contributed by atoms with Gasteiger partial charge < -0.3 is 15.3 Å². The highest BCUT2D eigenvalue weighted by molar-refractivity contribution is 5.83. The highest BCUT2D eigenvalue weighted by Gasteiger charge is 2.29. The van der Waals surface area contributed by atoms with Crippen LogP contribution >= 0.6 is 0 Å². The minimum atomic E-state index is -4.37. The van der Waals surface area contributed by atoms with Gasteiger partial charge in [0, 0.05) is 13.6 Å². The molecule has 0 aromatic heterocycles. The van der Waals surface area contributed by atoms with Crippen LogP contribution in [0.25, 0.3) is 0 Å². The van der Waals surface area contributed by atoms with Crippen molar-refractivity contribution in [3.05, 3.63) is 35.9 Å². The zero-order chi connectivity index (χ0) is 16.0. The van der Waals surface area contributed by atoms with Crippen LogP contribution in [0.5, 0.6) is 0 Å². The number of halogens is 3. The van der Waals surface area contributed by atoms with Crippen LogP contribution in [0.15, 0.2) is 30.3 Å². The van der Waals surface area contributed by atoms with E-state index in [1.807, 2.05) is 0 Å². The van der Waals surface area contributed by atoms with Crippen LogP contribution in [0.2, 0.25) is 0 Å². The number of nitrogens with zero attached hydrogens (tertiary/aromatic N) is 1. The fourth-order valence-corrected chi connectivity index (χ4v) is 1.56. The van der Waals surface area contributed by atoms with Crippen molar-refractivity contribution >= 4 is 12.0 Å². The van der Waals surface area contributed by atoms with E-state index in [9.17, 15) is 22.8 Å². The Kier molecular flexibility index (Phi) is 5.57. The van der Waals surface area contributed by atoms with Gasteiger partial charge in [-0.15, -0.1) is 0 Å². The van der Waals surface area contributed by atoms with Gasteiger partial charge in [0.1, 0.15) is 0 Å². The first kappa shape index (κ1) is 16.8. The average Bonchev–Trinajstić information content (AvgIpc) is 2.41. The van der Waals surface area contributed by atoms with Crippen molar-refractivity contribution in [1.82, 2.24) is 10.2 Å². The zero-order valence-electron chi connectivity index (χ0n) is 11.2. The number of amides is 2. The fraction of sp³-hybridized carbons (Fsp3) is 0.385. The van der Waals surface area contributed by atoms with Crippen molar-refractivity contribution in [2.75, 3.05) is 13.6 Å². The molecule has 0 aliphatic carbocycles. The van der Waals surface area contributed by atoms with Gasteiger partial charge in [0.15, 0.2) is 6.04 Å². The summed E-state index contributed by atoms with van der Waals surface area (Å²) in [4.78, 5) is 23.7. The molecule has 1 atom stereocenters. The summed E-state index contributed by atoms with van der Waals surface area (Å²) >= 11 is 0. The predicted octanol–water partition coefficient (Wildman–Crippen LogP) is 2.41. The van der Waals surface area contributed by atoms with Crippen molar-refractivity contribution in [1.29, 1.82) is 0 Å². The lowest BCUT2D eigenvalue weighted by Crippen LogP contribution is -2.43. The SMILES string of the molecule is CN(CCC(F)(F)F)C(=O)N[C@@H](C(=O)O)c1ccccc1. The van der Waals surface area contributed by atoms with Gasteiger partial charge in [0.25, 0.3) is 0 Å². The summed E-state index contributed by atoms with van der Waals surface area (Å²) in [5, 5.41) is 11.3. The number of urea groups is 1. The minimum Gasteiger partial charge on any atom is -0.479 e. The molecule has 0 radical (unpaired) electrons. The van der Waals surface area contributed by atoms with Crippen LogP contribution < -0.4 is 5.32 Å². The lowest BCUT2D eigenvalue weighted by Gasteiger charge is -2.22. The van der Waals surface area contributed by atoms with E-state index in [-0.39, 0.29) is 0 Å². The van der Waals surface area contributed by atoms with E-state index >= 15 is 0 Å². The quantitative estimate of drug-likeness (QED) is 0.877. The van der Waals surface area contributed by atoms with Crippen molar-refractivity contribution < 1.29 is 27.9 Å². The second-order valence-corrected chi connectivity index (χ2v) is 4.42. The third-order valence-corrected chi connectivity index (χ3v) is 2.73. The van der Waals surface area contributed by atoms with E-state index in [4.69, 9.17) is 5.11 Å². The van der Waals surface area contributed by atoms with Crippen LogP contribution in [0.1, 0.15) is 18.0 Å². The molecule has 1 aromatic rings. The third kappa shape index (κ3) is 5.72. The molecule has 0 fully saturated rings. The number of benzene rings is 1. The van der Waals surface area contributed by atoms with Crippen LogP contribution in [0.3, 0.4) is 0 Å². The number of carbonyl (C=O) groups excluding carboxylic acids is 1.